The zero-order chi connectivity index (χ0) is 18.3. The Morgan fingerprint density at radius 3 is 2.42 bits per heavy atom. The number of hydrogen-bond acceptors (Lipinski definition) is 8. The van der Waals surface area contributed by atoms with Gasteiger partial charge in [0.2, 0.25) is 6.29 Å². The van der Waals surface area contributed by atoms with Crippen molar-refractivity contribution in [3.63, 3.8) is 0 Å². The molecule has 144 valence electrons. The molecule has 8 nitrogen and oxygen atoms in total. The molecular weight excluding hydrogens is 344 g/mol. The monoisotopic (exact) mass is 368 g/mol. The fraction of sp³-hybridized carbons (Fsp3) is 0.667. The van der Waals surface area contributed by atoms with Crippen molar-refractivity contribution in [1.82, 2.24) is 0 Å². The van der Waals surface area contributed by atoms with Crippen LogP contribution in [-0.4, -0.2) is 72.6 Å². The van der Waals surface area contributed by atoms with Crippen molar-refractivity contribution < 1.29 is 38.6 Å². The van der Waals surface area contributed by atoms with E-state index in [2.05, 4.69) is 0 Å². The van der Waals surface area contributed by atoms with E-state index in [0.29, 0.717) is 18.1 Å². The van der Waals surface area contributed by atoms with Gasteiger partial charge < -0.3 is 38.6 Å². The molecule has 3 fully saturated rings. The molecule has 26 heavy (non-hydrogen) atoms. The summed E-state index contributed by atoms with van der Waals surface area (Å²) in [5, 5.41) is 20.1. The summed E-state index contributed by atoms with van der Waals surface area (Å²) in [7, 11) is 0. The average Bonchev–Trinajstić information content (AvgIpc) is 3.43. The van der Waals surface area contributed by atoms with E-state index in [4.69, 9.17) is 28.4 Å². The molecule has 0 aliphatic carbocycles. The topological polar surface area (TPSA) is 99.1 Å². The van der Waals surface area contributed by atoms with Crippen LogP contribution >= 0.6 is 0 Å². The first kappa shape index (κ1) is 18.0. The fourth-order valence-corrected chi connectivity index (χ4v) is 3.19. The second kappa shape index (κ2) is 6.95. The van der Waals surface area contributed by atoms with Gasteiger partial charge in [0, 0.05) is 0 Å². The predicted molar refractivity (Wildman–Crippen MR) is 87.9 cm³/mol. The molecule has 0 radical (unpaired) electrons. The van der Waals surface area contributed by atoms with Crippen LogP contribution in [0.1, 0.15) is 13.8 Å². The molecule has 8 heteroatoms. The lowest BCUT2D eigenvalue weighted by molar-refractivity contribution is -0.412. The van der Waals surface area contributed by atoms with Gasteiger partial charge in [-0.25, -0.2) is 0 Å². The Balaban J connectivity index is 1.44. The van der Waals surface area contributed by atoms with Crippen LogP contribution in [0, 0.1) is 0 Å². The summed E-state index contributed by atoms with van der Waals surface area (Å²) >= 11 is 0. The van der Waals surface area contributed by atoms with Crippen LogP contribution in [-0.2, 0) is 18.9 Å². The Bertz CT molecular complexity index is 612. The molecule has 3 heterocycles. The molecule has 2 N–H and O–H groups in total. The van der Waals surface area contributed by atoms with Crippen molar-refractivity contribution in [3.8, 4) is 11.5 Å². The van der Waals surface area contributed by atoms with Gasteiger partial charge >= 0.3 is 0 Å². The minimum Gasteiger partial charge on any atom is -0.491 e. The lowest BCUT2D eigenvalue weighted by Gasteiger charge is -2.51. The lowest BCUT2D eigenvalue weighted by atomic mass is 9.96. The molecule has 4 rings (SSSR count). The number of aliphatic hydroxyl groups excluding tert-OH is 2. The van der Waals surface area contributed by atoms with Crippen LogP contribution in [0.5, 0.6) is 11.5 Å². The van der Waals surface area contributed by atoms with E-state index >= 15 is 0 Å². The molecule has 6 atom stereocenters. The van der Waals surface area contributed by atoms with E-state index in [-0.39, 0.29) is 12.7 Å². The summed E-state index contributed by atoms with van der Waals surface area (Å²) in [5.74, 6) is 0.352. The van der Waals surface area contributed by atoms with Gasteiger partial charge in [0.1, 0.15) is 42.5 Å². The Morgan fingerprint density at radius 1 is 1.12 bits per heavy atom. The molecule has 0 saturated carbocycles. The maximum absolute atomic E-state index is 10.5. The van der Waals surface area contributed by atoms with Crippen molar-refractivity contribution >= 4 is 0 Å². The normalized spacial score (nSPS) is 37.8. The SMILES string of the molecule is CC1(C)O[C@H]2[C@H](Oc3ccc(OCC4CO4)cc3)O[C@H](CO)[C@@H](O1)[C@@H]2O. The van der Waals surface area contributed by atoms with Gasteiger partial charge in [0.15, 0.2) is 11.9 Å². The molecule has 3 aliphatic heterocycles. The molecule has 3 saturated heterocycles. The summed E-state index contributed by atoms with van der Waals surface area (Å²) in [6.45, 7) is 4.50. The standard InChI is InChI=1S/C18H24O8/c1-18(2)25-15-13(7-19)24-17(16(26-18)14(15)20)23-11-5-3-10(4-6-11)21-8-12-9-22-12/h3-6,12-17,19-20H,7-9H2,1-2H3/t12?,13-,14+,15-,16-,17-/m1/s1. The van der Waals surface area contributed by atoms with Crippen molar-refractivity contribution in [1.29, 1.82) is 0 Å². The third kappa shape index (κ3) is 3.80. The van der Waals surface area contributed by atoms with Gasteiger partial charge in [-0.15, -0.1) is 0 Å². The number of fused-ring (bicyclic) bond motifs is 2. The highest BCUT2D eigenvalue weighted by atomic mass is 16.8. The Hall–Kier alpha value is -1.42. The predicted octanol–water partition coefficient (Wildman–Crippen LogP) is 0.441. The first-order valence-corrected chi connectivity index (χ1v) is 8.76. The molecule has 1 unspecified atom stereocenters. The summed E-state index contributed by atoms with van der Waals surface area (Å²) in [6, 6.07) is 7.09. The largest absolute Gasteiger partial charge is 0.491 e. The minimum absolute atomic E-state index is 0.195. The van der Waals surface area contributed by atoms with Gasteiger partial charge in [-0.3, -0.25) is 0 Å². The van der Waals surface area contributed by atoms with Crippen LogP contribution in [0.4, 0.5) is 0 Å². The van der Waals surface area contributed by atoms with Gasteiger partial charge in [0.05, 0.1) is 13.2 Å². The fourth-order valence-electron chi connectivity index (χ4n) is 3.19. The second-order valence-corrected chi connectivity index (χ2v) is 7.14. The van der Waals surface area contributed by atoms with Gasteiger partial charge in [0.25, 0.3) is 0 Å². The van der Waals surface area contributed by atoms with Crippen LogP contribution in [0.15, 0.2) is 24.3 Å². The highest BCUT2D eigenvalue weighted by molar-refractivity contribution is 5.31. The highest BCUT2D eigenvalue weighted by Gasteiger charge is 2.55. The maximum Gasteiger partial charge on any atom is 0.229 e. The maximum atomic E-state index is 10.5. The third-order valence-electron chi connectivity index (χ3n) is 4.55. The number of benzene rings is 1. The van der Waals surface area contributed by atoms with E-state index in [9.17, 15) is 10.2 Å². The number of rotatable bonds is 6. The van der Waals surface area contributed by atoms with Crippen molar-refractivity contribution in [2.24, 2.45) is 0 Å². The third-order valence-corrected chi connectivity index (χ3v) is 4.55. The van der Waals surface area contributed by atoms with Crippen LogP contribution < -0.4 is 9.47 Å². The van der Waals surface area contributed by atoms with E-state index in [0.717, 1.165) is 6.61 Å². The minimum atomic E-state index is -0.958. The molecule has 0 amide bonds. The van der Waals surface area contributed by atoms with Crippen molar-refractivity contribution in [2.75, 3.05) is 19.8 Å². The molecule has 1 aromatic carbocycles. The quantitative estimate of drug-likeness (QED) is 0.698. The first-order valence-electron chi connectivity index (χ1n) is 8.76. The van der Waals surface area contributed by atoms with E-state index in [1.54, 1.807) is 38.1 Å². The second-order valence-electron chi connectivity index (χ2n) is 7.14. The number of ether oxygens (including phenoxy) is 6. The van der Waals surface area contributed by atoms with Crippen LogP contribution in [0.2, 0.25) is 0 Å². The summed E-state index contributed by atoms with van der Waals surface area (Å²) in [4.78, 5) is 0. The lowest BCUT2D eigenvalue weighted by Crippen LogP contribution is -2.68. The zero-order valence-electron chi connectivity index (χ0n) is 14.7. The summed E-state index contributed by atoms with van der Waals surface area (Å²) < 4.78 is 33.8. The molecule has 0 spiro atoms. The molecule has 1 aromatic rings. The Morgan fingerprint density at radius 2 is 1.77 bits per heavy atom. The van der Waals surface area contributed by atoms with Gasteiger partial charge in [-0.2, -0.15) is 0 Å². The zero-order valence-corrected chi connectivity index (χ0v) is 14.7. The van der Waals surface area contributed by atoms with Crippen LogP contribution in [0.3, 0.4) is 0 Å². The Labute approximate surface area is 151 Å². The summed E-state index contributed by atoms with van der Waals surface area (Å²) in [5.41, 5.74) is 0. The van der Waals surface area contributed by atoms with Gasteiger partial charge in [-0.1, -0.05) is 0 Å². The van der Waals surface area contributed by atoms with Gasteiger partial charge in [-0.05, 0) is 38.1 Å². The molecule has 3 aliphatic rings. The average molecular weight is 368 g/mol. The van der Waals surface area contributed by atoms with E-state index < -0.39 is 36.5 Å². The Kier molecular flexibility index (Phi) is 4.81. The molecular formula is C18H24O8. The number of epoxide rings is 1. The molecule has 0 aromatic heterocycles. The number of aliphatic hydroxyl groups is 2. The number of hydrogen-bond donors (Lipinski definition) is 2. The van der Waals surface area contributed by atoms with Crippen molar-refractivity contribution in [3.05, 3.63) is 24.3 Å². The summed E-state index contributed by atoms with van der Waals surface area (Å²) in [6.07, 6.45) is -3.73. The highest BCUT2D eigenvalue weighted by Crippen LogP contribution is 2.37. The smallest absolute Gasteiger partial charge is 0.229 e. The molecule has 2 bridgehead atoms. The van der Waals surface area contributed by atoms with Crippen molar-refractivity contribution in [2.45, 2.75) is 56.4 Å². The van der Waals surface area contributed by atoms with E-state index in [1.165, 1.54) is 0 Å². The van der Waals surface area contributed by atoms with Crippen LogP contribution in [0.25, 0.3) is 0 Å². The first-order chi connectivity index (χ1) is 12.4. The van der Waals surface area contributed by atoms with E-state index in [1.807, 2.05) is 0 Å².